The number of benzene rings is 2. The molecule has 2 nitrogen and oxygen atoms in total. The predicted octanol–water partition coefficient (Wildman–Crippen LogP) is 4.55. The summed E-state index contributed by atoms with van der Waals surface area (Å²) in [5, 5.41) is 3.78. The Balaban J connectivity index is 1.55. The molecule has 0 radical (unpaired) electrons. The maximum absolute atomic E-state index is 14.8. The van der Waals surface area contributed by atoms with Gasteiger partial charge in [0, 0.05) is 23.7 Å². The first-order chi connectivity index (χ1) is 12.4. The molecule has 26 heavy (non-hydrogen) atoms. The van der Waals surface area contributed by atoms with Crippen LogP contribution in [0.3, 0.4) is 0 Å². The highest BCUT2D eigenvalue weighted by Crippen LogP contribution is 2.32. The SMILES string of the molecule is CC(C)(NC1CN2CCC1CC2)c1ccc(-c2ccc(F)cc2)c(F)c1. The van der Waals surface area contributed by atoms with Crippen molar-refractivity contribution in [2.75, 3.05) is 19.6 Å². The molecule has 1 atom stereocenters. The van der Waals surface area contributed by atoms with E-state index in [1.54, 1.807) is 24.3 Å². The maximum atomic E-state index is 14.8. The smallest absolute Gasteiger partial charge is 0.131 e. The molecule has 3 fully saturated rings. The van der Waals surface area contributed by atoms with E-state index in [9.17, 15) is 8.78 Å². The molecule has 2 aromatic rings. The number of hydrogen-bond acceptors (Lipinski definition) is 2. The Kier molecular flexibility index (Phi) is 4.57. The molecular weight excluding hydrogens is 330 g/mol. The van der Waals surface area contributed by atoms with Crippen molar-refractivity contribution in [3.63, 3.8) is 0 Å². The van der Waals surface area contributed by atoms with Gasteiger partial charge in [-0.25, -0.2) is 8.78 Å². The molecule has 3 heterocycles. The average Bonchev–Trinajstić information content (AvgIpc) is 2.63. The molecule has 0 aromatic heterocycles. The zero-order valence-electron chi connectivity index (χ0n) is 15.4. The summed E-state index contributed by atoms with van der Waals surface area (Å²) in [6.07, 6.45) is 2.51. The van der Waals surface area contributed by atoms with E-state index in [4.69, 9.17) is 0 Å². The number of rotatable bonds is 4. The molecule has 0 amide bonds. The number of halogens is 2. The highest BCUT2D eigenvalue weighted by molar-refractivity contribution is 5.64. The van der Waals surface area contributed by atoms with E-state index in [-0.39, 0.29) is 17.2 Å². The molecule has 3 aliphatic rings. The second-order valence-corrected chi connectivity index (χ2v) is 8.22. The van der Waals surface area contributed by atoms with Gasteiger partial charge in [-0.1, -0.05) is 24.3 Å². The number of nitrogens with one attached hydrogen (secondary N) is 1. The second kappa shape index (κ2) is 6.75. The first-order valence-electron chi connectivity index (χ1n) is 9.48. The topological polar surface area (TPSA) is 15.3 Å². The van der Waals surface area contributed by atoms with Crippen molar-refractivity contribution in [1.29, 1.82) is 0 Å². The van der Waals surface area contributed by atoms with Crippen LogP contribution < -0.4 is 5.32 Å². The van der Waals surface area contributed by atoms with Gasteiger partial charge in [0.25, 0.3) is 0 Å². The van der Waals surface area contributed by atoms with Gasteiger partial charge in [0.1, 0.15) is 11.6 Å². The Labute approximate surface area is 154 Å². The summed E-state index contributed by atoms with van der Waals surface area (Å²) in [5.74, 6) is 0.147. The summed E-state index contributed by atoms with van der Waals surface area (Å²) in [4.78, 5) is 2.52. The molecule has 138 valence electrons. The van der Waals surface area contributed by atoms with Gasteiger partial charge in [0.05, 0.1) is 0 Å². The van der Waals surface area contributed by atoms with E-state index in [0.29, 0.717) is 17.2 Å². The molecular formula is C22H26F2N2. The summed E-state index contributed by atoms with van der Waals surface area (Å²) in [7, 11) is 0. The van der Waals surface area contributed by atoms with Crippen LogP contribution in [0.2, 0.25) is 0 Å². The molecule has 0 saturated carbocycles. The molecule has 2 aromatic carbocycles. The van der Waals surface area contributed by atoms with E-state index in [1.165, 1.54) is 38.1 Å². The molecule has 3 saturated heterocycles. The lowest BCUT2D eigenvalue weighted by Gasteiger charge is -2.48. The van der Waals surface area contributed by atoms with E-state index >= 15 is 0 Å². The lowest BCUT2D eigenvalue weighted by Crippen LogP contribution is -2.59. The van der Waals surface area contributed by atoms with Crippen molar-refractivity contribution >= 4 is 0 Å². The molecule has 0 spiro atoms. The third-order valence-corrected chi connectivity index (χ3v) is 6.05. The van der Waals surface area contributed by atoms with Gasteiger partial charge < -0.3 is 10.2 Å². The van der Waals surface area contributed by atoms with Crippen LogP contribution in [0.4, 0.5) is 8.78 Å². The van der Waals surface area contributed by atoms with E-state index in [2.05, 4.69) is 24.1 Å². The van der Waals surface area contributed by atoms with Gasteiger partial charge in [-0.15, -0.1) is 0 Å². The molecule has 1 unspecified atom stereocenters. The molecule has 0 aliphatic carbocycles. The highest BCUT2D eigenvalue weighted by Gasteiger charge is 2.37. The van der Waals surface area contributed by atoms with Crippen LogP contribution >= 0.6 is 0 Å². The zero-order chi connectivity index (χ0) is 18.3. The van der Waals surface area contributed by atoms with Crippen LogP contribution in [0.15, 0.2) is 42.5 Å². The Morgan fingerprint density at radius 1 is 1.00 bits per heavy atom. The third kappa shape index (κ3) is 3.40. The van der Waals surface area contributed by atoms with Gasteiger partial charge in [-0.3, -0.25) is 0 Å². The van der Waals surface area contributed by atoms with Crippen LogP contribution in [0.1, 0.15) is 32.3 Å². The normalized spacial score (nSPS) is 25.5. The van der Waals surface area contributed by atoms with Crippen LogP contribution in [0.5, 0.6) is 0 Å². The lowest BCUT2D eigenvalue weighted by molar-refractivity contribution is 0.0584. The maximum Gasteiger partial charge on any atom is 0.131 e. The Hall–Kier alpha value is -1.78. The summed E-state index contributed by atoms with van der Waals surface area (Å²) in [6, 6.07) is 11.8. The van der Waals surface area contributed by atoms with Crippen LogP contribution in [0, 0.1) is 17.6 Å². The van der Waals surface area contributed by atoms with Crippen molar-refractivity contribution in [1.82, 2.24) is 10.2 Å². The van der Waals surface area contributed by atoms with E-state index < -0.39 is 0 Å². The fraction of sp³-hybridized carbons (Fsp3) is 0.455. The van der Waals surface area contributed by atoms with Gasteiger partial charge in [0.15, 0.2) is 0 Å². The van der Waals surface area contributed by atoms with Crippen molar-refractivity contribution in [2.24, 2.45) is 5.92 Å². The number of piperidine rings is 3. The van der Waals surface area contributed by atoms with Crippen molar-refractivity contribution < 1.29 is 8.78 Å². The number of fused-ring (bicyclic) bond motifs is 3. The number of hydrogen-bond donors (Lipinski definition) is 1. The monoisotopic (exact) mass is 356 g/mol. The quantitative estimate of drug-likeness (QED) is 0.864. The summed E-state index contributed by atoms with van der Waals surface area (Å²) < 4.78 is 27.9. The minimum absolute atomic E-state index is 0.266. The minimum Gasteiger partial charge on any atom is -0.303 e. The Morgan fingerprint density at radius 3 is 2.27 bits per heavy atom. The standard InChI is InChI=1S/C22H26F2N2/c1-22(2,25-21-14-26-11-9-16(21)10-12-26)17-5-8-19(20(24)13-17)15-3-6-18(23)7-4-15/h3-8,13,16,21,25H,9-12,14H2,1-2H3. The van der Waals surface area contributed by atoms with E-state index in [1.807, 2.05) is 6.07 Å². The lowest BCUT2D eigenvalue weighted by atomic mass is 9.81. The Morgan fingerprint density at radius 2 is 1.69 bits per heavy atom. The zero-order valence-corrected chi connectivity index (χ0v) is 15.4. The largest absolute Gasteiger partial charge is 0.303 e. The highest BCUT2D eigenvalue weighted by atomic mass is 19.1. The molecule has 3 aliphatic heterocycles. The molecule has 1 N–H and O–H groups in total. The summed E-state index contributed by atoms with van der Waals surface area (Å²) >= 11 is 0. The van der Waals surface area contributed by atoms with Crippen molar-refractivity contribution in [3.05, 3.63) is 59.7 Å². The summed E-state index contributed by atoms with van der Waals surface area (Å²) in [6.45, 7) is 7.76. The Bertz CT molecular complexity index is 777. The number of nitrogens with zero attached hydrogens (tertiary/aromatic N) is 1. The van der Waals surface area contributed by atoms with Crippen molar-refractivity contribution in [2.45, 2.75) is 38.3 Å². The predicted molar refractivity (Wildman–Crippen MR) is 101 cm³/mol. The van der Waals surface area contributed by atoms with Gasteiger partial charge in [-0.2, -0.15) is 0 Å². The van der Waals surface area contributed by atoms with Crippen LogP contribution in [-0.2, 0) is 5.54 Å². The fourth-order valence-corrected chi connectivity index (χ4v) is 4.44. The van der Waals surface area contributed by atoms with Crippen LogP contribution in [-0.4, -0.2) is 30.6 Å². The van der Waals surface area contributed by atoms with E-state index in [0.717, 1.165) is 18.0 Å². The first-order valence-corrected chi connectivity index (χ1v) is 9.48. The molecule has 4 heteroatoms. The van der Waals surface area contributed by atoms with Gasteiger partial charge in [0.2, 0.25) is 0 Å². The third-order valence-electron chi connectivity index (χ3n) is 6.05. The molecule has 5 rings (SSSR count). The minimum atomic E-state index is -0.311. The molecule has 2 bridgehead atoms. The van der Waals surface area contributed by atoms with Crippen molar-refractivity contribution in [3.8, 4) is 11.1 Å². The van der Waals surface area contributed by atoms with Crippen LogP contribution in [0.25, 0.3) is 11.1 Å². The first kappa shape index (κ1) is 17.6. The van der Waals surface area contributed by atoms with Gasteiger partial charge in [-0.05, 0) is 75.0 Å². The second-order valence-electron chi connectivity index (χ2n) is 8.22. The van der Waals surface area contributed by atoms with Gasteiger partial charge >= 0.3 is 0 Å². The fourth-order valence-electron chi connectivity index (χ4n) is 4.44. The summed E-state index contributed by atoms with van der Waals surface area (Å²) in [5.41, 5.74) is 1.84. The average molecular weight is 356 g/mol.